The van der Waals surface area contributed by atoms with Crippen molar-refractivity contribution in [1.29, 1.82) is 0 Å². The molecule has 8 heteroatoms. The van der Waals surface area contributed by atoms with Crippen LogP contribution in [0.5, 0.6) is 5.75 Å². The fourth-order valence-corrected chi connectivity index (χ4v) is 5.33. The molecule has 1 unspecified atom stereocenters. The summed E-state index contributed by atoms with van der Waals surface area (Å²) in [5.74, 6) is -1.56. The number of carbonyl (C=O) groups is 2. The quantitative estimate of drug-likeness (QED) is 0.144. The Hall–Kier alpha value is -3.00. The fraction of sp³-hybridized carbons (Fsp3) is 0.485. The molecule has 1 heterocycles. The van der Waals surface area contributed by atoms with E-state index in [1.165, 1.54) is 41.8 Å². The van der Waals surface area contributed by atoms with Crippen LogP contribution in [0.3, 0.4) is 0 Å². The van der Waals surface area contributed by atoms with Gasteiger partial charge in [-0.2, -0.15) is 0 Å². The molecule has 0 radical (unpaired) electrons. The molecule has 0 aliphatic carbocycles. The highest BCUT2D eigenvalue weighted by Crippen LogP contribution is 2.30. The van der Waals surface area contributed by atoms with Crippen molar-refractivity contribution < 1.29 is 27.5 Å². The smallest absolute Gasteiger partial charge is 0.406 e. The van der Waals surface area contributed by atoms with Gasteiger partial charge in [0.1, 0.15) is 22.3 Å². The zero-order valence-electron chi connectivity index (χ0n) is 25.0. The summed E-state index contributed by atoms with van der Waals surface area (Å²) in [4.78, 5) is 29.6. The van der Waals surface area contributed by atoms with Crippen LogP contribution in [-0.4, -0.2) is 22.9 Å². The number of hydrogen-bond acceptors (Lipinski definition) is 5. The number of fused-ring (bicyclic) bond motifs is 1. The van der Waals surface area contributed by atoms with E-state index in [0.717, 1.165) is 55.4 Å². The van der Waals surface area contributed by atoms with Gasteiger partial charge in [-0.05, 0) is 105 Å². The molecular weight excluding hydrogens is 547 g/mol. The third kappa shape index (κ3) is 13.5. The van der Waals surface area contributed by atoms with Crippen molar-refractivity contribution in [1.82, 2.24) is 4.98 Å². The standard InChI is InChI=1S/C33H42F3NO3S/c1-22(2)10-7-11-23(3)12-8-13-24(4)14-9-15-25(5)16-18-28(26(6)38)30(39)21-32-37-29-19-17-27(20-31(29)41-32)40-33(34,35)36/h10,12,14,16-17,19-20,28H,7-9,11,13,15,18,21H2,1-6H3/b23-12+,24-14+,25-16+. The lowest BCUT2D eigenvalue weighted by Gasteiger charge is -2.10. The van der Waals surface area contributed by atoms with Crippen molar-refractivity contribution in [3.63, 3.8) is 0 Å². The summed E-state index contributed by atoms with van der Waals surface area (Å²) in [6.45, 7) is 12.0. The molecule has 1 aromatic heterocycles. The van der Waals surface area contributed by atoms with Crippen LogP contribution in [0.4, 0.5) is 13.2 Å². The van der Waals surface area contributed by atoms with E-state index in [-0.39, 0.29) is 23.7 Å². The average Bonchev–Trinajstić information content (AvgIpc) is 3.24. The van der Waals surface area contributed by atoms with E-state index >= 15 is 0 Å². The van der Waals surface area contributed by atoms with Crippen LogP contribution in [-0.2, 0) is 16.0 Å². The number of ether oxygens (including phenoxy) is 1. The fourth-order valence-electron chi connectivity index (χ4n) is 4.33. The summed E-state index contributed by atoms with van der Waals surface area (Å²) >= 11 is 1.13. The summed E-state index contributed by atoms with van der Waals surface area (Å²) in [6, 6.07) is 3.87. The maximum Gasteiger partial charge on any atom is 0.573 e. The molecule has 2 rings (SSSR count). The van der Waals surface area contributed by atoms with Gasteiger partial charge in [-0.1, -0.05) is 46.6 Å². The SMILES string of the molecule is CC(=O)C(C/C=C(\C)CC/C=C(\C)CC/C=C(\C)CCC=C(C)C)C(=O)Cc1nc2ccc(OC(F)(F)F)cc2s1. The number of Topliss-reactive ketones (excluding diaryl/α,β-unsaturated/α-hetero) is 2. The van der Waals surface area contributed by atoms with Crippen LogP contribution in [0, 0.1) is 5.92 Å². The van der Waals surface area contributed by atoms with Gasteiger partial charge in [0.2, 0.25) is 0 Å². The third-order valence-corrected chi connectivity index (χ3v) is 7.72. The highest BCUT2D eigenvalue weighted by atomic mass is 32.1. The zero-order chi connectivity index (χ0) is 30.6. The van der Waals surface area contributed by atoms with Gasteiger partial charge in [-0.3, -0.25) is 9.59 Å². The first-order valence-corrected chi connectivity index (χ1v) is 14.8. The first-order chi connectivity index (χ1) is 19.2. The Morgan fingerprint density at radius 1 is 0.878 bits per heavy atom. The minimum Gasteiger partial charge on any atom is -0.406 e. The van der Waals surface area contributed by atoms with E-state index in [0.29, 0.717) is 21.6 Å². The number of rotatable bonds is 16. The summed E-state index contributed by atoms with van der Waals surface area (Å²) in [5.41, 5.74) is 5.75. The van der Waals surface area contributed by atoms with Crippen LogP contribution >= 0.6 is 11.3 Å². The topological polar surface area (TPSA) is 56.3 Å². The monoisotopic (exact) mass is 589 g/mol. The highest BCUT2D eigenvalue weighted by molar-refractivity contribution is 7.18. The van der Waals surface area contributed by atoms with Crippen molar-refractivity contribution in [2.75, 3.05) is 0 Å². The van der Waals surface area contributed by atoms with Gasteiger partial charge >= 0.3 is 6.36 Å². The Kier molecular flexibility index (Phi) is 13.7. The highest BCUT2D eigenvalue weighted by Gasteiger charge is 2.31. The third-order valence-electron chi connectivity index (χ3n) is 6.70. The van der Waals surface area contributed by atoms with E-state index in [1.807, 2.05) is 13.0 Å². The number of hydrogen-bond donors (Lipinski definition) is 0. The van der Waals surface area contributed by atoms with Crippen molar-refractivity contribution >= 4 is 33.1 Å². The first-order valence-electron chi connectivity index (χ1n) is 14.0. The molecule has 0 spiro atoms. The van der Waals surface area contributed by atoms with Crippen LogP contribution in [0.1, 0.15) is 91.5 Å². The molecule has 0 amide bonds. The molecule has 0 saturated carbocycles. The molecule has 0 bridgehead atoms. The van der Waals surface area contributed by atoms with Crippen molar-refractivity contribution in [2.24, 2.45) is 5.92 Å². The number of halogens is 3. The molecule has 1 aromatic carbocycles. The second kappa shape index (κ2) is 16.4. The number of allylic oxidation sites excluding steroid dienone is 8. The maximum atomic E-state index is 13.0. The molecule has 2 aromatic rings. The maximum absolute atomic E-state index is 13.0. The van der Waals surface area contributed by atoms with Crippen molar-refractivity contribution in [2.45, 2.75) is 99.3 Å². The van der Waals surface area contributed by atoms with E-state index in [1.54, 1.807) is 0 Å². The predicted molar refractivity (Wildman–Crippen MR) is 162 cm³/mol. The number of ketones is 2. The first kappa shape index (κ1) is 34.2. The number of aromatic nitrogens is 1. The number of nitrogens with zero attached hydrogens (tertiary/aromatic N) is 1. The minimum atomic E-state index is -4.78. The summed E-state index contributed by atoms with van der Waals surface area (Å²) in [7, 11) is 0. The normalized spacial score (nSPS) is 13.8. The molecule has 0 saturated heterocycles. The van der Waals surface area contributed by atoms with Gasteiger partial charge in [0, 0.05) is 0 Å². The van der Waals surface area contributed by atoms with Gasteiger partial charge < -0.3 is 4.74 Å². The second-order valence-corrected chi connectivity index (χ2v) is 12.0. The van der Waals surface area contributed by atoms with Gasteiger partial charge in [-0.15, -0.1) is 24.5 Å². The molecule has 224 valence electrons. The molecular formula is C33H42F3NO3S. The second-order valence-electron chi connectivity index (χ2n) is 10.9. The molecule has 0 aliphatic rings. The number of alkyl halides is 3. The Bertz CT molecular complexity index is 1310. The lowest BCUT2D eigenvalue weighted by molar-refractivity contribution is -0.274. The van der Waals surface area contributed by atoms with E-state index in [2.05, 4.69) is 55.6 Å². The molecule has 4 nitrogen and oxygen atoms in total. The Morgan fingerprint density at radius 2 is 1.44 bits per heavy atom. The van der Waals surface area contributed by atoms with Gasteiger partial charge in [0.15, 0.2) is 0 Å². The molecule has 0 aliphatic heterocycles. The van der Waals surface area contributed by atoms with Gasteiger partial charge in [0.25, 0.3) is 0 Å². The van der Waals surface area contributed by atoms with E-state index < -0.39 is 12.3 Å². The van der Waals surface area contributed by atoms with Gasteiger partial charge in [0.05, 0.1) is 22.6 Å². The van der Waals surface area contributed by atoms with E-state index in [4.69, 9.17) is 0 Å². The Morgan fingerprint density at radius 3 is 1.98 bits per heavy atom. The summed E-state index contributed by atoms with van der Waals surface area (Å²) in [5, 5.41) is 0.458. The molecule has 0 fully saturated rings. The Balaban J connectivity index is 1.87. The van der Waals surface area contributed by atoms with Crippen LogP contribution < -0.4 is 4.74 Å². The van der Waals surface area contributed by atoms with Crippen LogP contribution in [0.25, 0.3) is 10.2 Å². The largest absolute Gasteiger partial charge is 0.573 e. The lowest BCUT2D eigenvalue weighted by Crippen LogP contribution is -2.23. The Labute approximate surface area is 246 Å². The lowest BCUT2D eigenvalue weighted by atomic mass is 9.92. The van der Waals surface area contributed by atoms with E-state index in [9.17, 15) is 22.8 Å². The van der Waals surface area contributed by atoms with Crippen molar-refractivity contribution in [3.05, 3.63) is 69.8 Å². The summed E-state index contributed by atoms with van der Waals surface area (Å²) < 4.78 is 42.0. The van der Waals surface area contributed by atoms with Gasteiger partial charge in [-0.25, -0.2) is 4.98 Å². The summed E-state index contributed by atoms with van der Waals surface area (Å²) in [6.07, 6.45) is 10.3. The van der Waals surface area contributed by atoms with Crippen LogP contribution in [0.15, 0.2) is 64.8 Å². The number of benzene rings is 1. The average molecular weight is 590 g/mol. The van der Waals surface area contributed by atoms with Crippen molar-refractivity contribution in [3.8, 4) is 5.75 Å². The zero-order valence-corrected chi connectivity index (χ0v) is 25.8. The van der Waals surface area contributed by atoms with Crippen LogP contribution in [0.2, 0.25) is 0 Å². The number of thiazole rings is 1. The minimum absolute atomic E-state index is 0.0449. The molecule has 0 N–H and O–H groups in total. The number of carbonyl (C=O) groups excluding carboxylic acids is 2. The molecule has 41 heavy (non-hydrogen) atoms. The molecule has 1 atom stereocenters. The predicted octanol–water partition coefficient (Wildman–Crippen LogP) is 10.0.